The first-order valence-corrected chi connectivity index (χ1v) is 8.77. The number of nitrogens with one attached hydrogen (secondary N) is 1. The molecule has 1 aromatic carbocycles. The summed E-state index contributed by atoms with van der Waals surface area (Å²) in [5.41, 5.74) is 0. The second-order valence-electron chi connectivity index (χ2n) is 6.62. The molecule has 3 aliphatic rings. The fourth-order valence-electron chi connectivity index (χ4n) is 3.31. The van der Waals surface area contributed by atoms with E-state index in [0.717, 1.165) is 37.3 Å². The van der Waals surface area contributed by atoms with Crippen LogP contribution in [0.2, 0.25) is 0 Å². The molecule has 4 nitrogen and oxygen atoms in total. The number of hydrogen-bond donors (Lipinski definition) is 1. The van der Waals surface area contributed by atoms with E-state index in [1.54, 1.807) is 12.1 Å². The van der Waals surface area contributed by atoms with Crippen LogP contribution in [0.25, 0.3) is 0 Å². The lowest BCUT2D eigenvalue weighted by atomic mass is 10.3. The minimum atomic E-state index is -0.256. The summed E-state index contributed by atoms with van der Waals surface area (Å²) in [7, 11) is 0. The van der Waals surface area contributed by atoms with Crippen molar-refractivity contribution < 1.29 is 9.13 Å². The lowest BCUT2D eigenvalue weighted by Gasteiger charge is -2.28. The van der Waals surface area contributed by atoms with E-state index >= 15 is 0 Å². The molecule has 0 spiro atoms. The maximum atomic E-state index is 12.9. The van der Waals surface area contributed by atoms with Crippen molar-refractivity contribution in [2.45, 2.75) is 25.3 Å². The third-order valence-electron chi connectivity index (χ3n) is 4.77. The molecule has 0 bridgehead atoms. The van der Waals surface area contributed by atoms with Gasteiger partial charge in [0.15, 0.2) is 0 Å². The predicted octanol–water partition coefficient (Wildman–Crippen LogP) is 2.51. The number of rotatable bonds is 4. The van der Waals surface area contributed by atoms with Crippen LogP contribution in [0.4, 0.5) is 4.39 Å². The predicted molar refractivity (Wildman–Crippen MR) is 90.7 cm³/mol. The maximum absolute atomic E-state index is 12.9. The van der Waals surface area contributed by atoms with E-state index in [1.165, 1.54) is 37.9 Å². The SMILES string of the molecule is Fc1ccc(OC2=C[C]=C(N3CCCN(C4CC4)CC3)NC2)cc1. The highest BCUT2D eigenvalue weighted by atomic mass is 19.1. The first-order chi connectivity index (χ1) is 11.8. The van der Waals surface area contributed by atoms with Crippen molar-refractivity contribution in [1.29, 1.82) is 0 Å². The molecule has 1 aliphatic carbocycles. The zero-order valence-corrected chi connectivity index (χ0v) is 13.8. The van der Waals surface area contributed by atoms with Crippen LogP contribution >= 0.6 is 0 Å². The molecule has 0 aromatic heterocycles. The molecule has 1 aromatic rings. The van der Waals surface area contributed by atoms with Gasteiger partial charge in [-0.15, -0.1) is 0 Å². The molecule has 24 heavy (non-hydrogen) atoms. The van der Waals surface area contributed by atoms with Gasteiger partial charge in [-0.3, -0.25) is 4.90 Å². The second-order valence-corrected chi connectivity index (χ2v) is 6.62. The topological polar surface area (TPSA) is 27.7 Å². The van der Waals surface area contributed by atoms with E-state index < -0.39 is 0 Å². The number of allylic oxidation sites excluding steroid dienone is 2. The minimum absolute atomic E-state index is 0.256. The van der Waals surface area contributed by atoms with Gasteiger partial charge in [0.1, 0.15) is 23.1 Å². The first-order valence-electron chi connectivity index (χ1n) is 8.77. The Morgan fingerprint density at radius 1 is 1.08 bits per heavy atom. The molecule has 0 amide bonds. The molecule has 0 unspecified atom stereocenters. The van der Waals surface area contributed by atoms with Crippen LogP contribution in [-0.4, -0.2) is 48.6 Å². The number of benzene rings is 1. The van der Waals surface area contributed by atoms with Crippen molar-refractivity contribution in [1.82, 2.24) is 15.1 Å². The van der Waals surface area contributed by atoms with Crippen molar-refractivity contribution in [2.24, 2.45) is 0 Å². The summed E-state index contributed by atoms with van der Waals surface area (Å²) in [5, 5.41) is 3.40. The van der Waals surface area contributed by atoms with E-state index in [2.05, 4.69) is 21.2 Å². The van der Waals surface area contributed by atoms with Gasteiger partial charge < -0.3 is 15.0 Å². The summed E-state index contributed by atoms with van der Waals surface area (Å²) >= 11 is 0. The largest absolute Gasteiger partial charge is 0.460 e. The van der Waals surface area contributed by atoms with E-state index in [-0.39, 0.29) is 5.82 Å². The van der Waals surface area contributed by atoms with Gasteiger partial charge in [0.2, 0.25) is 0 Å². The lowest BCUT2D eigenvalue weighted by Crippen LogP contribution is -2.38. The molecule has 5 heteroatoms. The molecule has 4 rings (SSSR count). The van der Waals surface area contributed by atoms with Crippen molar-refractivity contribution >= 4 is 0 Å². The van der Waals surface area contributed by atoms with Crippen LogP contribution in [0.3, 0.4) is 0 Å². The highest BCUT2D eigenvalue weighted by molar-refractivity contribution is 5.26. The monoisotopic (exact) mass is 328 g/mol. The normalized spacial score (nSPS) is 22.3. The van der Waals surface area contributed by atoms with Crippen molar-refractivity contribution in [3.05, 3.63) is 53.8 Å². The Kier molecular flexibility index (Phi) is 4.43. The van der Waals surface area contributed by atoms with Gasteiger partial charge in [-0.25, -0.2) is 4.39 Å². The molecule has 2 heterocycles. The van der Waals surface area contributed by atoms with Crippen molar-refractivity contribution in [2.75, 3.05) is 32.7 Å². The number of ether oxygens (including phenoxy) is 1. The molecule has 0 atom stereocenters. The fourth-order valence-corrected chi connectivity index (χ4v) is 3.31. The standard InChI is InChI=1S/C19H23FN3O/c20-15-2-6-17(7-3-15)24-18-8-9-19(21-14-18)23-11-1-10-22(12-13-23)16-4-5-16/h2-3,6-8,16,21H,1,4-5,10-14H2. The van der Waals surface area contributed by atoms with Gasteiger partial charge in [-0.1, -0.05) is 0 Å². The molecule has 2 fully saturated rings. The quantitative estimate of drug-likeness (QED) is 0.919. The zero-order chi connectivity index (χ0) is 16.4. The van der Waals surface area contributed by atoms with Gasteiger partial charge in [0.05, 0.1) is 6.54 Å². The zero-order valence-electron chi connectivity index (χ0n) is 13.8. The molecule has 1 saturated heterocycles. The van der Waals surface area contributed by atoms with Crippen LogP contribution in [0, 0.1) is 11.9 Å². The number of hydrogen-bond acceptors (Lipinski definition) is 4. The first kappa shape index (κ1) is 15.5. The summed E-state index contributed by atoms with van der Waals surface area (Å²) in [6.07, 6.45) is 9.15. The van der Waals surface area contributed by atoms with E-state index in [4.69, 9.17) is 4.74 Å². The molecule has 1 N–H and O–H groups in total. The summed E-state index contributed by atoms with van der Waals surface area (Å²) in [6, 6.07) is 6.92. The Morgan fingerprint density at radius 2 is 1.92 bits per heavy atom. The Balaban J connectivity index is 1.36. The summed E-state index contributed by atoms with van der Waals surface area (Å²) in [6.45, 7) is 5.10. The molecule has 1 saturated carbocycles. The Labute approximate surface area is 142 Å². The van der Waals surface area contributed by atoms with Crippen molar-refractivity contribution in [3.8, 4) is 5.75 Å². The third-order valence-corrected chi connectivity index (χ3v) is 4.77. The smallest absolute Gasteiger partial charge is 0.127 e. The molecular weight excluding hydrogens is 305 g/mol. The Bertz CT molecular complexity index is 637. The number of halogens is 1. The molecule has 2 aliphatic heterocycles. The highest BCUT2D eigenvalue weighted by Crippen LogP contribution is 2.28. The van der Waals surface area contributed by atoms with Gasteiger partial charge in [-0.05, 0) is 49.6 Å². The van der Waals surface area contributed by atoms with E-state index in [1.807, 2.05) is 6.08 Å². The Morgan fingerprint density at radius 3 is 2.62 bits per heavy atom. The number of nitrogens with zero attached hydrogens (tertiary/aromatic N) is 2. The molecule has 1 radical (unpaired) electrons. The van der Waals surface area contributed by atoms with Gasteiger partial charge in [0, 0.05) is 38.3 Å². The molecular formula is C19H23FN3O. The van der Waals surface area contributed by atoms with Crippen LogP contribution in [0.15, 0.2) is 41.9 Å². The fraction of sp³-hybridized carbons (Fsp3) is 0.474. The lowest BCUT2D eigenvalue weighted by molar-refractivity contribution is 0.264. The second kappa shape index (κ2) is 6.85. The summed E-state index contributed by atoms with van der Waals surface area (Å²) in [5.74, 6) is 2.23. The maximum Gasteiger partial charge on any atom is 0.127 e. The van der Waals surface area contributed by atoms with E-state index in [9.17, 15) is 4.39 Å². The number of dihydropyridines is 1. The molecule has 127 valence electrons. The van der Waals surface area contributed by atoms with Crippen LogP contribution in [0.5, 0.6) is 5.75 Å². The van der Waals surface area contributed by atoms with Gasteiger partial charge in [0.25, 0.3) is 0 Å². The Hall–Kier alpha value is -2.01. The van der Waals surface area contributed by atoms with E-state index in [0.29, 0.717) is 12.3 Å². The average molecular weight is 328 g/mol. The highest BCUT2D eigenvalue weighted by Gasteiger charge is 2.30. The van der Waals surface area contributed by atoms with Gasteiger partial charge >= 0.3 is 0 Å². The summed E-state index contributed by atoms with van der Waals surface area (Å²) in [4.78, 5) is 5.01. The minimum Gasteiger partial charge on any atom is -0.460 e. The summed E-state index contributed by atoms with van der Waals surface area (Å²) < 4.78 is 18.7. The third kappa shape index (κ3) is 3.73. The van der Waals surface area contributed by atoms with Crippen LogP contribution < -0.4 is 10.1 Å². The van der Waals surface area contributed by atoms with Gasteiger partial charge in [-0.2, -0.15) is 0 Å². The van der Waals surface area contributed by atoms with Crippen molar-refractivity contribution in [3.63, 3.8) is 0 Å². The average Bonchev–Trinajstić information content (AvgIpc) is 3.44. The van der Waals surface area contributed by atoms with Crippen LogP contribution in [-0.2, 0) is 0 Å². The van der Waals surface area contributed by atoms with Crippen LogP contribution in [0.1, 0.15) is 19.3 Å².